The molecular weight excluding hydrogens is 368 g/mol. The molecule has 0 aliphatic rings. The minimum atomic E-state index is -0.228. The van der Waals surface area contributed by atoms with Crippen molar-refractivity contribution < 1.29 is 4.39 Å². The summed E-state index contributed by atoms with van der Waals surface area (Å²) < 4.78 is 14.2. The molecule has 0 spiro atoms. The molecular formula is C15H17FIN3. The summed E-state index contributed by atoms with van der Waals surface area (Å²) in [6.07, 6.45) is 1.58. The third-order valence-corrected chi connectivity index (χ3v) is 4.15. The SMILES string of the molecule is CCCNc1nc(Cc2cccc(F)c2)nc(C)c1I. The maximum absolute atomic E-state index is 13.2. The molecule has 0 saturated heterocycles. The maximum atomic E-state index is 13.2. The third-order valence-electron chi connectivity index (χ3n) is 2.86. The molecule has 106 valence electrons. The summed E-state index contributed by atoms with van der Waals surface area (Å²) in [5.74, 6) is 1.35. The molecule has 5 heteroatoms. The van der Waals surface area contributed by atoms with Crippen molar-refractivity contribution in [1.29, 1.82) is 0 Å². The van der Waals surface area contributed by atoms with E-state index in [1.54, 1.807) is 6.07 Å². The van der Waals surface area contributed by atoms with E-state index in [1.807, 2.05) is 13.0 Å². The highest BCUT2D eigenvalue weighted by Crippen LogP contribution is 2.20. The minimum absolute atomic E-state index is 0.228. The van der Waals surface area contributed by atoms with Gasteiger partial charge in [-0.3, -0.25) is 0 Å². The summed E-state index contributed by atoms with van der Waals surface area (Å²) in [7, 11) is 0. The van der Waals surface area contributed by atoms with Crippen LogP contribution in [0.1, 0.15) is 30.4 Å². The highest BCUT2D eigenvalue weighted by atomic mass is 127. The molecule has 20 heavy (non-hydrogen) atoms. The van der Waals surface area contributed by atoms with Crippen molar-refractivity contribution in [2.24, 2.45) is 0 Å². The number of halogens is 2. The van der Waals surface area contributed by atoms with Crippen LogP contribution in [0.3, 0.4) is 0 Å². The zero-order valence-electron chi connectivity index (χ0n) is 11.6. The Morgan fingerprint density at radius 1 is 1.30 bits per heavy atom. The van der Waals surface area contributed by atoms with Gasteiger partial charge in [-0.2, -0.15) is 0 Å². The van der Waals surface area contributed by atoms with Gasteiger partial charge in [0.2, 0.25) is 0 Å². The molecule has 2 rings (SSSR count). The molecule has 0 unspecified atom stereocenters. The topological polar surface area (TPSA) is 37.8 Å². The standard InChI is InChI=1S/C15H17FIN3/c1-3-7-18-15-14(17)10(2)19-13(20-15)9-11-5-4-6-12(16)8-11/h4-6,8H,3,7,9H2,1-2H3,(H,18,19,20). The van der Waals surface area contributed by atoms with Crippen LogP contribution in [0.15, 0.2) is 24.3 Å². The number of aromatic nitrogens is 2. The summed E-state index contributed by atoms with van der Waals surface area (Å²) in [6.45, 7) is 4.96. The highest BCUT2D eigenvalue weighted by Gasteiger charge is 2.09. The number of rotatable bonds is 5. The van der Waals surface area contributed by atoms with Crippen LogP contribution in [-0.2, 0) is 6.42 Å². The number of hydrogen-bond acceptors (Lipinski definition) is 3. The van der Waals surface area contributed by atoms with Crippen LogP contribution in [0.4, 0.5) is 10.2 Å². The molecule has 1 aromatic heterocycles. The predicted octanol–water partition coefficient (Wildman–Crippen LogP) is 3.94. The van der Waals surface area contributed by atoms with Crippen molar-refractivity contribution in [2.45, 2.75) is 26.7 Å². The molecule has 0 radical (unpaired) electrons. The first kappa shape index (κ1) is 15.2. The summed E-state index contributed by atoms with van der Waals surface area (Å²) in [5.41, 5.74) is 1.83. The van der Waals surface area contributed by atoms with Crippen LogP contribution in [0.25, 0.3) is 0 Å². The lowest BCUT2D eigenvalue weighted by Crippen LogP contribution is -2.09. The Morgan fingerprint density at radius 3 is 2.80 bits per heavy atom. The van der Waals surface area contributed by atoms with Crippen molar-refractivity contribution in [3.63, 3.8) is 0 Å². The van der Waals surface area contributed by atoms with E-state index in [0.29, 0.717) is 12.2 Å². The summed E-state index contributed by atoms with van der Waals surface area (Å²) >= 11 is 2.25. The van der Waals surface area contributed by atoms with Gasteiger partial charge in [0, 0.05) is 13.0 Å². The molecule has 0 amide bonds. The van der Waals surface area contributed by atoms with Gasteiger partial charge in [-0.25, -0.2) is 14.4 Å². The van der Waals surface area contributed by atoms with E-state index in [-0.39, 0.29) is 5.82 Å². The van der Waals surface area contributed by atoms with Crippen LogP contribution in [0, 0.1) is 16.3 Å². The van der Waals surface area contributed by atoms with E-state index in [9.17, 15) is 4.39 Å². The predicted molar refractivity (Wildman–Crippen MR) is 87.5 cm³/mol. The first-order valence-corrected chi connectivity index (χ1v) is 7.69. The van der Waals surface area contributed by atoms with E-state index >= 15 is 0 Å². The maximum Gasteiger partial charge on any atom is 0.143 e. The Kier molecular flexibility index (Phi) is 5.28. The fourth-order valence-electron chi connectivity index (χ4n) is 1.89. The largest absolute Gasteiger partial charge is 0.369 e. The summed E-state index contributed by atoms with van der Waals surface area (Å²) in [6, 6.07) is 6.56. The zero-order valence-corrected chi connectivity index (χ0v) is 13.7. The average molecular weight is 385 g/mol. The molecule has 0 aliphatic carbocycles. The minimum Gasteiger partial charge on any atom is -0.369 e. The van der Waals surface area contributed by atoms with E-state index in [1.165, 1.54) is 12.1 Å². The average Bonchev–Trinajstić information content (AvgIpc) is 2.41. The third kappa shape index (κ3) is 3.88. The molecule has 3 nitrogen and oxygen atoms in total. The van der Waals surface area contributed by atoms with Gasteiger partial charge in [-0.05, 0) is 53.6 Å². The second-order valence-corrected chi connectivity index (χ2v) is 5.70. The van der Waals surface area contributed by atoms with E-state index in [0.717, 1.165) is 33.6 Å². The van der Waals surface area contributed by atoms with Crippen molar-refractivity contribution in [1.82, 2.24) is 9.97 Å². The Balaban J connectivity index is 2.25. The first-order valence-electron chi connectivity index (χ1n) is 6.61. The van der Waals surface area contributed by atoms with Gasteiger partial charge < -0.3 is 5.32 Å². The Bertz CT molecular complexity index is 602. The van der Waals surface area contributed by atoms with Crippen molar-refractivity contribution >= 4 is 28.4 Å². The van der Waals surface area contributed by atoms with Crippen molar-refractivity contribution in [3.8, 4) is 0 Å². The van der Waals surface area contributed by atoms with Crippen LogP contribution in [-0.4, -0.2) is 16.5 Å². The van der Waals surface area contributed by atoms with Crippen LogP contribution < -0.4 is 5.32 Å². The smallest absolute Gasteiger partial charge is 0.143 e. The van der Waals surface area contributed by atoms with Gasteiger partial charge in [0.1, 0.15) is 17.5 Å². The lowest BCUT2D eigenvalue weighted by molar-refractivity contribution is 0.625. The van der Waals surface area contributed by atoms with Gasteiger partial charge in [-0.15, -0.1) is 0 Å². The van der Waals surface area contributed by atoms with Gasteiger partial charge in [0.05, 0.1) is 9.26 Å². The van der Waals surface area contributed by atoms with Crippen LogP contribution >= 0.6 is 22.6 Å². The Morgan fingerprint density at radius 2 is 2.10 bits per heavy atom. The van der Waals surface area contributed by atoms with Gasteiger partial charge >= 0.3 is 0 Å². The molecule has 0 fully saturated rings. The van der Waals surface area contributed by atoms with Crippen LogP contribution in [0.2, 0.25) is 0 Å². The fraction of sp³-hybridized carbons (Fsp3) is 0.333. The van der Waals surface area contributed by atoms with Gasteiger partial charge in [0.15, 0.2) is 0 Å². The van der Waals surface area contributed by atoms with Gasteiger partial charge in [0.25, 0.3) is 0 Å². The Hall–Kier alpha value is -1.24. The lowest BCUT2D eigenvalue weighted by atomic mass is 10.1. The quantitative estimate of drug-likeness (QED) is 0.793. The Labute approximate surface area is 132 Å². The number of aryl methyl sites for hydroxylation is 1. The molecule has 0 bridgehead atoms. The molecule has 2 aromatic rings. The number of benzene rings is 1. The lowest BCUT2D eigenvalue weighted by Gasteiger charge is -2.11. The first-order chi connectivity index (χ1) is 9.60. The molecule has 1 N–H and O–H groups in total. The number of hydrogen-bond donors (Lipinski definition) is 1. The van der Waals surface area contributed by atoms with Crippen molar-refractivity contribution in [3.05, 3.63) is 50.7 Å². The molecule has 1 aromatic carbocycles. The summed E-state index contributed by atoms with van der Waals surface area (Å²) in [4.78, 5) is 9.03. The molecule has 0 atom stereocenters. The van der Waals surface area contributed by atoms with E-state index in [2.05, 4.69) is 44.8 Å². The van der Waals surface area contributed by atoms with Gasteiger partial charge in [-0.1, -0.05) is 19.1 Å². The second kappa shape index (κ2) is 6.97. The number of anilines is 1. The highest BCUT2D eigenvalue weighted by molar-refractivity contribution is 14.1. The van der Waals surface area contributed by atoms with Crippen molar-refractivity contribution in [2.75, 3.05) is 11.9 Å². The fourth-order valence-corrected chi connectivity index (χ4v) is 2.32. The second-order valence-electron chi connectivity index (χ2n) is 4.62. The van der Waals surface area contributed by atoms with Crippen LogP contribution in [0.5, 0.6) is 0 Å². The molecule has 1 heterocycles. The molecule has 0 saturated carbocycles. The van der Waals surface area contributed by atoms with E-state index < -0.39 is 0 Å². The normalized spacial score (nSPS) is 10.6. The number of nitrogens with zero attached hydrogens (tertiary/aromatic N) is 2. The molecule has 0 aliphatic heterocycles. The summed E-state index contributed by atoms with van der Waals surface area (Å²) in [5, 5.41) is 3.31. The zero-order chi connectivity index (χ0) is 14.5. The number of nitrogens with one attached hydrogen (secondary N) is 1. The monoisotopic (exact) mass is 385 g/mol. The van der Waals surface area contributed by atoms with E-state index in [4.69, 9.17) is 0 Å².